The summed E-state index contributed by atoms with van der Waals surface area (Å²) in [6.07, 6.45) is 4.02. The number of nitrogens with zero attached hydrogens (tertiary/aromatic N) is 3. The minimum Gasteiger partial charge on any atom is -0.332 e. The van der Waals surface area contributed by atoms with E-state index in [0.717, 1.165) is 17.2 Å². The predicted molar refractivity (Wildman–Crippen MR) is 134 cm³/mol. The van der Waals surface area contributed by atoms with Gasteiger partial charge in [-0.2, -0.15) is 0 Å². The molecule has 152 valence electrons. The number of hydrogen-bond donors (Lipinski definition) is 1. The van der Waals surface area contributed by atoms with Gasteiger partial charge in [0.2, 0.25) is 5.96 Å². The van der Waals surface area contributed by atoms with Gasteiger partial charge in [0.15, 0.2) is 0 Å². The summed E-state index contributed by atoms with van der Waals surface area (Å²) in [5, 5.41) is 8.34. The Bertz CT molecular complexity index is 1710. The van der Waals surface area contributed by atoms with Crippen LogP contribution < -0.4 is 5.32 Å². The zero-order chi connectivity index (χ0) is 21.1. The number of aliphatic imine (C=N–C) groups is 1. The first-order chi connectivity index (χ1) is 15.9. The zero-order valence-corrected chi connectivity index (χ0v) is 17.4. The minimum absolute atomic E-state index is 0.675. The van der Waals surface area contributed by atoms with Crippen molar-refractivity contribution in [3.8, 4) is 5.69 Å². The SMILES string of the molecule is C1=CNC(n2c3ccccc3c3ccc4c5ccccc5n(-c5ccccc5)c4c32)=NC1. The largest absolute Gasteiger partial charge is 0.332 e. The molecule has 6 aromatic rings. The molecule has 0 amide bonds. The van der Waals surface area contributed by atoms with Crippen LogP contribution in [0.5, 0.6) is 0 Å². The van der Waals surface area contributed by atoms with E-state index in [9.17, 15) is 0 Å². The molecule has 4 aromatic carbocycles. The molecule has 1 N–H and O–H groups in total. The Morgan fingerprint density at radius 1 is 0.594 bits per heavy atom. The van der Waals surface area contributed by atoms with Crippen molar-refractivity contribution in [2.45, 2.75) is 0 Å². The van der Waals surface area contributed by atoms with Gasteiger partial charge in [-0.1, -0.05) is 66.7 Å². The zero-order valence-electron chi connectivity index (χ0n) is 17.4. The molecule has 0 radical (unpaired) electrons. The molecule has 0 bridgehead atoms. The number of aromatic nitrogens is 2. The van der Waals surface area contributed by atoms with E-state index in [0.29, 0.717) is 6.54 Å². The lowest BCUT2D eigenvalue weighted by atomic mass is 10.1. The highest BCUT2D eigenvalue weighted by atomic mass is 15.2. The predicted octanol–water partition coefficient (Wildman–Crippen LogP) is 6.21. The van der Waals surface area contributed by atoms with Gasteiger partial charge < -0.3 is 9.88 Å². The lowest BCUT2D eigenvalue weighted by Gasteiger charge is -2.15. The molecule has 0 spiro atoms. The molecule has 7 rings (SSSR count). The second-order valence-electron chi connectivity index (χ2n) is 8.11. The van der Waals surface area contributed by atoms with Crippen LogP contribution in [0.2, 0.25) is 0 Å². The van der Waals surface area contributed by atoms with Crippen molar-refractivity contribution in [3.63, 3.8) is 0 Å². The maximum absolute atomic E-state index is 4.81. The molecule has 3 heterocycles. The fourth-order valence-electron chi connectivity index (χ4n) is 5.07. The van der Waals surface area contributed by atoms with Crippen molar-refractivity contribution in [1.29, 1.82) is 0 Å². The number of fused-ring (bicyclic) bond motifs is 7. The lowest BCUT2D eigenvalue weighted by Crippen LogP contribution is -2.28. The van der Waals surface area contributed by atoms with Crippen molar-refractivity contribution in [3.05, 3.63) is 103 Å². The smallest absolute Gasteiger partial charge is 0.207 e. The van der Waals surface area contributed by atoms with E-state index < -0.39 is 0 Å². The normalized spacial score (nSPS) is 13.8. The van der Waals surface area contributed by atoms with E-state index >= 15 is 0 Å². The lowest BCUT2D eigenvalue weighted by molar-refractivity contribution is 1.02. The molecular weight excluding hydrogens is 392 g/mol. The third-order valence-electron chi connectivity index (χ3n) is 6.37. The van der Waals surface area contributed by atoms with Crippen molar-refractivity contribution < 1.29 is 0 Å². The van der Waals surface area contributed by atoms with Gasteiger partial charge in [-0.3, -0.25) is 4.57 Å². The van der Waals surface area contributed by atoms with Crippen LogP contribution in [-0.4, -0.2) is 21.6 Å². The second-order valence-corrected chi connectivity index (χ2v) is 8.11. The van der Waals surface area contributed by atoms with E-state index in [1.165, 1.54) is 38.1 Å². The summed E-state index contributed by atoms with van der Waals surface area (Å²) in [5.41, 5.74) is 5.88. The standard InChI is InChI=1S/C28H20N4/c1-2-9-19(10-3-1)31-24-13-6-4-11-20(24)22-15-16-23-21-12-5-7-14-25(21)32(27(23)26(22)31)28-29-17-8-18-30-28/h1-17H,18H2,(H,29,30). The number of nitrogens with one attached hydrogen (secondary N) is 1. The van der Waals surface area contributed by atoms with Gasteiger partial charge in [-0.05, 0) is 30.3 Å². The van der Waals surface area contributed by atoms with E-state index in [-0.39, 0.29) is 0 Å². The van der Waals surface area contributed by atoms with Crippen molar-refractivity contribution >= 4 is 49.6 Å². The van der Waals surface area contributed by atoms with Gasteiger partial charge in [0.05, 0.1) is 28.6 Å². The van der Waals surface area contributed by atoms with Gasteiger partial charge in [0.1, 0.15) is 0 Å². The molecule has 0 atom stereocenters. The fraction of sp³-hybridized carbons (Fsp3) is 0.0357. The van der Waals surface area contributed by atoms with E-state index in [2.05, 4.69) is 105 Å². The van der Waals surface area contributed by atoms with Crippen LogP contribution in [0.1, 0.15) is 0 Å². The summed E-state index contributed by atoms with van der Waals surface area (Å²) >= 11 is 0. The molecular formula is C28H20N4. The first-order valence-electron chi connectivity index (χ1n) is 10.9. The molecule has 0 unspecified atom stereocenters. The molecule has 1 aliphatic rings. The maximum Gasteiger partial charge on any atom is 0.207 e. The molecule has 32 heavy (non-hydrogen) atoms. The first kappa shape index (κ1) is 17.4. The molecule has 2 aromatic heterocycles. The topological polar surface area (TPSA) is 34.2 Å². The molecule has 1 aliphatic heterocycles. The van der Waals surface area contributed by atoms with Gasteiger partial charge >= 0.3 is 0 Å². The Balaban J connectivity index is 1.77. The molecule has 0 saturated carbocycles. The van der Waals surface area contributed by atoms with Crippen LogP contribution in [0, 0.1) is 0 Å². The van der Waals surface area contributed by atoms with Gasteiger partial charge in [0.25, 0.3) is 0 Å². The van der Waals surface area contributed by atoms with Crippen LogP contribution in [0.15, 0.2) is 108 Å². The van der Waals surface area contributed by atoms with Crippen molar-refractivity contribution in [2.24, 2.45) is 4.99 Å². The molecule has 0 fully saturated rings. The number of hydrogen-bond acceptors (Lipinski definition) is 2. The van der Waals surface area contributed by atoms with Gasteiger partial charge in [-0.15, -0.1) is 0 Å². The first-order valence-corrected chi connectivity index (χ1v) is 10.9. The summed E-state index contributed by atoms with van der Waals surface area (Å²) in [7, 11) is 0. The molecule has 0 saturated heterocycles. The highest BCUT2D eigenvalue weighted by Crippen LogP contribution is 2.40. The highest BCUT2D eigenvalue weighted by molar-refractivity contribution is 6.25. The monoisotopic (exact) mass is 412 g/mol. The Morgan fingerprint density at radius 2 is 1.19 bits per heavy atom. The quantitative estimate of drug-likeness (QED) is 0.342. The highest BCUT2D eigenvalue weighted by Gasteiger charge is 2.22. The van der Waals surface area contributed by atoms with Crippen LogP contribution in [0.4, 0.5) is 0 Å². The third-order valence-corrected chi connectivity index (χ3v) is 6.37. The van der Waals surface area contributed by atoms with E-state index in [1.807, 2.05) is 12.3 Å². The Hall–Kier alpha value is -4.31. The number of rotatable bonds is 1. The van der Waals surface area contributed by atoms with Crippen molar-refractivity contribution in [2.75, 3.05) is 6.54 Å². The number of para-hydroxylation sites is 3. The fourth-order valence-corrected chi connectivity index (χ4v) is 5.07. The van der Waals surface area contributed by atoms with Crippen LogP contribution >= 0.6 is 0 Å². The summed E-state index contributed by atoms with van der Waals surface area (Å²) in [6, 6.07) is 32.4. The maximum atomic E-state index is 4.81. The molecule has 4 nitrogen and oxygen atoms in total. The summed E-state index contributed by atoms with van der Waals surface area (Å²) in [5.74, 6) is 0.857. The molecule has 4 heteroatoms. The summed E-state index contributed by atoms with van der Waals surface area (Å²) in [4.78, 5) is 4.81. The minimum atomic E-state index is 0.675. The Kier molecular flexibility index (Phi) is 3.58. The van der Waals surface area contributed by atoms with Crippen molar-refractivity contribution in [1.82, 2.24) is 14.5 Å². The Labute approximate surface area is 184 Å². The summed E-state index contributed by atoms with van der Waals surface area (Å²) < 4.78 is 4.68. The number of benzene rings is 4. The van der Waals surface area contributed by atoms with Crippen LogP contribution in [0.25, 0.3) is 49.3 Å². The second kappa shape index (κ2) is 6.59. The van der Waals surface area contributed by atoms with E-state index in [1.54, 1.807) is 0 Å². The third kappa shape index (κ3) is 2.29. The van der Waals surface area contributed by atoms with Crippen LogP contribution in [-0.2, 0) is 0 Å². The van der Waals surface area contributed by atoms with Gasteiger partial charge in [0, 0.05) is 33.4 Å². The Morgan fingerprint density at radius 3 is 1.84 bits per heavy atom. The average molecular weight is 412 g/mol. The van der Waals surface area contributed by atoms with Crippen LogP contribution in [0.3, 0.4) is 0 Å². The summed E-state index contributed by atoms with van der Waals surface area (Å²) in [6.45, 7) is 0.675. The average Bonchev–Trinajstić information content (AvgIpc) is 3.38. The van der Waals surface area contributed by atoms with Gasteiger partial charge in [-0.25, -0.2) is 4.99 Å². The molecule has 0 aliphatic carbocycles. The van der Waals surface area contributed by atoms with E-state index in [4.69, 9.17) is 4.99 Å².